The molecule has 3 rings (SSSR count). The van der Waals surface area contributed by atoms with Crippen LogP contribution in [-0.2, 0) is 4.79 Å². The van der Waals surface area contributed by atoms with Crippen molar-refractivity contribution in [2.24, 2.45) is 0 Å². The summed E-state index contributed by atoms with van der Waals surface area (Å²) in [5.74, 6) is 5.08. The summed E-state index contributed by atoms with van der Waals surface area (Å²) in [5.41, 5.74) is 9.23. The molecule has 2 aromatic carbocycles. The van der Waals surface area contributed by atoms with Crippen molar-refractivity contribution in [1.29, 1.82) is 0 Å². The molecule has 1 aliphatic heterocycles. The predicted molar refractivity (Wildman–Crippen MR) is 84.1 cm³/mol. The molecule has 2 atom stereocenters. The third-order valence-corrected chi connectivity index (χ3v) is 3.32. The minimum Gasteiger partial charge on any atom is -0.480 e. The number of carboxylic acid groups (broad SMARTS) is 1. The molecule has 2 unspecified atom stereocenters. The summed E-state index contributed by atoms with van der Waals surface area (Å²) in [6.07, 6.45) is -0.737. The second-order valence-electron chi connectivity index (χ2n) is 5.05. The van der Waals surface area contributed by atoms with Gasteiger partial charge in [0.2, 0.25) is 0 Å². The fourth-order valence-corrected chi connectivity index (χ4v) is 2.08. The Morgan fingerprint density at radius 3 is 2.17 bits per heavy atom. The number of halogens is 1. The van der Waals surface area contributed by atoms with Crippen molar-refractivity contribution in [2.75, 3.05) is 0 Å². The van der Waals surface area contributed by atoms with Crippen molar-refractivity contribution >= 4 is 5.97 Å². The van der Waals surface area contributed by atoms with Crippen LogP contribution in [0, 0.1) is 17.7 Å². The molecule has 1 saturated heterocycles. The smallest absolute Gasteiger partial charge is 0.327 e. The Labute approximate surface area is 137 Å². The maximum absolute atomic E-state index is 12.8. The maximum atomic E-state index is 12.8. The first kappa shape index (κ1) is 16.0. The van der Waals surface area contributed by atoms with Crippen LogP contribution < -0.4 is 21.1 Å². The summed E-state index contributed by atoms with van der Waals surface area (Å²) in [7, 11) is 0. The Hall–Kier alpha value is -2.92. The van der Waals surface area contributed by atoms with E-state index in [-0.39, 0.29) is 5.82 Å². The number of rotatable bonds is 3. The van der Waals surface area contributed by atoms with E-state index in [1.165, 1.54) is 12.1 Å². The number of hydrazine groups is 2. The van der Waals surface area contributed by atoms with Gasteiger partial charge in [0.15, 0.2) is 12.3 Å². The van der Waals surface area contributed by atoms with Gasteiger partial charge in [-0.2, -0.15) is 5.53 Å². The first-order valence-electron chi connectivity index (χ1n) is 7.15. The molecular formula is C17H14FN3O3. The van der Waals surface area contributed by atoms with Crippen LogP contribution in [0.1, 0.15) is 11.1 Å². The SMILES string of the molecule is O=C(O)C1NNNC1Oc1ccc(C#Cc2ccc(F)cc2)cc1. The van der Waals surface area contributed by atoms with E-state index in [2.05, 4.69) is 28.2 Å². The van der Waals surface area contributed by atoms with Gasteiger partial charge in [-0.1, -0.05) is 11.8 Å². The first-order chi connectivity index (χ1) is 11.6. The van der Waals surface area contributed by atoms with E-state index in [4.69, 9.17) is 9.84 Å². The van der Waals surface area contributed by atoms with E-state index in [9.17, 15) is 9.18 Å². The van der Waals surface area contributed by atoms with Gasteiger partial charge in [-0.05, 0) is 48.5 Å². The summed E-state index contributed by atoms with van der Waals surface area (Å²) >= 11 is 0. The normalized spacial score (nSPS) is 19.4. The second-order valence-corrected chi connectivity index (χ2v) is 5.05. The molecule has 1 heterocycles. The molecule has 0 saturated carbocycles. The van der Waals surface area contributed by atoms with Crippen molar-refractivity contribution < 1.29 is 19.0 Å². The van der Waals surface area contributed by atoms with Crippen LogP contribution in [0.4, 0.5) is 4.39 Å². The van der Waals surface area contributed by atoms with Crippen molar-refractivity contribution in [1.82, 2.24) is 16.4 Å². The van der Waals surface area contributed by atoms with Crippen LogP contribution >= 0.6 is 0 Å². The quantitative estimate of drug-likeness (QED) is 0.630. The van der Waals surface area contributed by atoms with Crippen molar-refractivity contribution in [3.05, 3.63) is 65.5 Å². The number of carboxylic acids is 1. The molecule has 4 N–H and O–H groups in total. The number of nitrogens with one attached hydrogen (secondary N) is 3. The van der Waals surface area contributed by atoms with Crippen LogP contribution in [0.3, 0.4) is 0 Å². The largest absolute Gasteiger partial charge is 0.480 e. The molecule has 122 valence electrons. The van der Waals surface area contributed by atoms with E-state index < -0.39 is 18.2 Å². The molecule has 0 spiro atoms. The molecule has 1 aliphatic rings. The number of ether oxygens (including phenoxy) is 1. The predicted octanol–water partition coefficient (Wildman–Crippen LogP) is 0.996. The standard InChI is InChI=1S/C17H14FN3O3/c18-13-7-3-11(4-8-13)1-2-12-5-9-14(10-6-12)24-16-15(17(22)23)19-21-20-16/h3-10,15-16,19-21H,(H,22,23). The van der Waals surface area contributed by atoms with E-state index in [0.717, 1.165) is 5.56 Å². The maximum Gasteiger partial charge on any atom is 0.327 e. The summed E-state index contributed by atoms with van der Waals surface area (Å²) < 4.78 is 18.4. The summed E-state index contributed by atoms with van der Waals surface area (Å²) in [6.45, 7) is 0. The van der Waals surface area contributed by atoms with Gasteiger partial charge in [-0.3, -0.25) is 4.79 Å². The highest BCUT2D eigenvalue weighted by atomic mass is 19.1. The Balaban J connectivity index is 1.65. The van der Waals surface area contributed by atoms with Crippen LogP contribution in [0.5, 0.6) is 5.75 Å². The zero-order valence-corrected chi connectivity index (χ0v) is 12.4. The summed E-state index contributed by atoms with van der Waals surface area (Å²) in [5, 5.41) is 9.04. The molecule has 7 heteroatoms. The molecule has 0 aliphatic carbocycles. The van der Waals surface area contributed by atoms with Crippen molar-refractivity contribution in [3.8, 4) is 17.6 Å². The lowest BCUT2D eigenvalue weighted by molar-refractivity contribution is -0.141. The summed E-state index contributed by atoms with van der Waals surface area (Å²) in [4.78, 5) is 11.0. The van der Waals surface area contributed by atoms with Crippen LogP contribution in [0.25, 0.3) is 0 Å². The average molecular weight is 327 g/mol. The van der Waals surface area contributed by atoms with Crippen LogP contribution in [0.15, 0.2) is 48.5 Å². The number of aliphatic carboxylic acids is 1. The van der Waals surface area contributed by atoms with Gasteiger partial charge < -0.3 is 9.84 Å². The van der Waals surface area contributed by atoms with Crippen LogP contribution in [-0.4, -0.2) is 23.3 Å². The monoisotopic (exact) mass is 327 g/mol. The Morgan fingerprint density at radius 2 is 1.58 bits per heavy atom. The van der Waals surface area contributed by atoms with Gasteiger partial charge in [0, 0.05) is 11.1 Å². The minimum atomic E-state index is -1.03. The Kier molecular flexibility index (Phi) is 4.72. The molecule has 0 bridgehead atoms. The van der Waals surface area contributed by atoms with Gasteiger partial charge in [-0.25, -0.2) is 15.2 Å². The Bertz CT molecular complexity index is 781. The highest BCUT2D eigenvalue weighted by Crippen LogP contribution is 2.15. The lowest BCUT2D eigenvalue weighted by atomic mass is 10.2. The zero-order valence-electron chi connectivity index (χ0n) is 12.4. The van der Waals surface area contributed by atoms with Crippen molar-refractivity contribution in [2.45, 2.75) is 12.3 Å². The van der Waals surface area contributed by atoms with E-state index >= 15 is 0 Å². The molecule has 0 radical (unpaired) electrons. The molecule has 24 heavy (non-hydrogen) atoms. The lowest BCUT2D eigenvalue weighted by Crippen LogP contribution is -2.44. The van der Waals surface area contributed by atoms with Gasteiger partial charge in [-0.15, -0.1) is 0 Å². The first-order valence-corrected chi connectivity index (χ1v) is 7.15. The fourth-order valence-electron chi connectivity index (χ4n) is 2.08. The van der Waals surface area contributed by atoms with Gasteiger partial charge in [0.05, 0.1) is 0 Å². The molecule has 2 aromatic rings. The molecule has 6 nitrogen and oxygen atoms in total. The third kappa shape index (κ3) is 3.88. The lowest BCUT2D eigenvalue weighted by Gasteiger charge is -2.16. The fraction of sp³-hybridized carbons (Fsp3) is 0.118. The number of benzene rings is 2. The molecule has 1 fully saturated rings. The highest BCUT2D eigenvalue weighted by molar-refractivity contribution is 5.74. The van der Waals surface area contributed by atoms with Gasteiger partial charge in [0.1, 0.15) is 11.6 Å². The number of hydrogen-bond acceptors (Lipinski definition) is 5. The summed E-state index contributed by atoms with van der Waals surface area (Å²) in [6, 6.07) is 12.0. The zero-order chi connectivity index (χ0) is 16.9. The van der Waals surface area contributed by atoms with E-state index in [1.807, 2.05) is 0 Å². The minimum absolute atomic E-state index is 0.300. The topological polar surface area (TPSA) is 82.6 Å². The van der Waals surface area contributed by atoms with Crippen molar-refractivity contribution in [3.63, 3.8) is 0 Å². The third-order valence-electron chi connectivity index (χ3n) is 3.32. The molecule has 0 amide bonds. The van der Waals surface area contributed by atoms with E-state index in [0.29, 0.717) is 11.3 Å². The number of carbonyl (C=O) groups is 1. The van der Waals surface area contributed by atoms with Gasteiger partial charge >= 0.3 is 5.97 Å². The Morgan fingerprint density at radius 1 is 1.00 bits per heavy atom. The van der Waals surface area contributed by atoms with Crippen LogP contribution in [0.2, 0.25) is 0 Å². The number of hydrogen-bond donors (Lipinski definition) is 4. The highest BCUT2D eigenvalue weighted by Gasteiger charge is 2.34. The second kappa shape index (κ2) is 7.10. The molecular weight excluding hydrogens is 313 g/mol. The van der Waals surface area contributed by atoms with Gasteiger partial charge in [0.25, 0.3) is 0 Å². The van der Waals surface area contributed by atoms with E-state index in [1.54, 1.807) is 36.4 Å². The molecule has 0 aromatic heterocycles. The average Bonchev–Trinajstić information content (AvgIpc) is 3.04.